The summed E-state index contributed by atoms with van der Waals surface area (Å²) in [5.74, 6) is 1.15. The van der Waals surface area contributed by atoms with Crippen LogP contribution in [-0.4, -0.2) is 55.5 Å². The molecule has 0 bridgehead atoms. The molecule has 1 rings (SSSR count). The van der Waals surface area contributed by atoms with Crippen LogP contribution < -0.4 is 5.73 Å². The second-order valence-corrected chi connectivity index (χ2v) is 5.94. The summed E-state index contributed by atoms with van der Waals surface area (Å²) >= 11 is 0. The Hall–Kier alpha value is -0.610. The van der Waals surface area contributed by atoms with E-state index in [0.717, 1.165) is 44.8 Å². The van der Waals surface area contributed by atoms with E-state index in [-0.39, 0.29) is 17.9 Å². The molecule has 0 aliphatic carbocycles. The molecule has 4 nitrogen and oxygen atoms in total. The summed E-state index contributed by atoms with van der Waals surface area (Å²) in [6, 6.07) is -0.319. The van der Waals surface area contributed by atoms with E-state index in [9.17, 15) is 4.79 Å². The van der Waals surface area contributed by atoms with Gasteiger partial charge in [-0.2, -0.15) is 0 Å². The summed E-state index contributed by atoms with van der Waals surface area (Å²) in [5.41, 5.74) is 6.02. The van der Waals surface area contributed by atoms with Crippen LogP contribution in [0.15, 0.2) is 0 Å². The smallest absolute Gasteiger partial charge is 0.239 e. The number of piperidine rings is 1. The van der Waals surface area contributed by atoms with Crippen molar-refractivity contribution < 1.29 is 4.79 Å². The minimum Gasteiger partial charge on any atom is -0.341 e. The van der Waals surface area contributed by atoms with Crippen LogP contribution in [0.3, 0.4) is 0 Å². The van der Waals surface area contributed by atoms with Crippen molar-refractivity contribution in [3.05, 3.63) is 0 Å². The van der Waals surface area contributed by atoms with Gasteiger partial charge in [-0.1, -0.05) is 20.3 Å². The average Bonchev–Trinajstić information content (AvgIpc) is 2.36. The van der Waals surface area contributed by atoms with Gasteiger partial charge in [-0.25, -0.2) is 0 Å². The Kier molecular flexibility index (Phi) is 6.09. The molecule has 0 aromatic heterocycles. The second-order valence-electron chi connectivity index (χ2n) is 5.94. The Bertz CT molecular complexity index is 260. The van der Waals surface area contributed by atoms with Crippen molar-refractivity contribution in [2.45, 2.75) is 39.2 Å². The van der Waals surface area contributed by atoms with E-state index in [1.165, 1.54) is 0 Å². The molecule has 1 heterocycles. The van der Waals surface area contributed by atoms with Crippen LogP contribution in [0.4, 0.5) is 0 Å². The standard InChI is InChI=1S/C14H29N3O/c1-5-11(2)13(15)14(18)17-8-6-12(7-9-17)10-16(3)4/h11-13H,5-10,15H2,1-4H3. The summed E-state index contributed by atoms with van der Waals surface area (Å²) < 4.78 is 0. The van der Waals surface area contributed by atoms with Gasteiger partial charge in [0.1, 0.15) is 0 Å². The highest BCUT2D eigenvalue weighted by atomic mass is 16.2. The highest BCUT2D eigenvalue weighted by Gasteiger charge is 2.28. The van der Waals surface area contributed by atoms with Crippen LogP contribution >= 0.6 is 0 Å². The molecule has 0 spiro atoms. The molecule has 1 aliphatic rings. The molecular weight excluding hydrogens is 226 g/mol. The summed E-state index contributed by atoms with van der Waals surface area (Å²) in [6.07, 6.45) is 3.18. The number of rotatable bonds is 5. The Morgan fingerprint density at radius 1 is 1.39 bits per heavy atom. The largest absolute Gasteiger partial charge is 0.341 e. The number of carbonyl (C=O) groups is 1. The fraction of sp³-hybridized carbons (Fsp3) is 0.929. The molecule has 1 amide bonds. The third-order valence-electron chi connectivity index (χ3n) is 4.09. The first-order valence-corrected chi connectivity index (χ1v) is 7.14. The van der Waals surface area contributed by atoms with E-state index in [1.807, 2.05) is 4.90 Å². The van der Waals surface area contributed by atoms with Crippen LogP contribution in [0.2, 0.25) is 0 Å². The van der Waals surface area contributed by atoms with Gasteiger partial charge in [0, 0.05) is 19.6 Å². The number of nitrogens with zero attached hydrogens (tertiary/aromatic N) is 2. The van der Waals surface area contributed by atoms with E-state index in [2.05, 4.69) is 32.8 Å². The molecule has 106 valence electrons. The fourth-order valence-electron chi connectivity index (χ4n) is 2.56. The Labute approximate surface area is 111 Å². The molecule has 0 aromatic carbocycles. The van der Waals surface area contributed by atoms with E-state index in [1.54, 1.807) is 0 Å². The van der Waals surface area contributed by atoms with E-state index in [0.29, 0.717) is 0 Å². The minimum absolute atomic E-state index is 0.146. The van der Waals surface area contributed by atoms with E-state index in [4.69, 9.17) is 5.73 Å². The first-order chi connectivity index (χ1) is 8.45. The molecular formula is C14H29N3O. The summed E-state index contributed by atoms with van der Waals surface area (Å²) in [4.78, 5) is 16.4. The molecule has 0 aromatic rings. The quantitative estimate of drug-likeness (QED) is 0.802. The van der Waals surface area contributed by atoms with Crippen molar-refractivity contribution in [2.75, 3.05) is 33.7 Å². The monoisotopic (exact) mass is 255 g/mol. The van der Waals surface area contributed by atoms with Crippen LogP contribution in [0.5, 0.6) is 0 Å². The Morgan fingerprint density at radius 2 is 1.94 bits per heavy atom. The zero-order valence-electron chi connectivity index (χ0n) is 12.4. The number of likely N-dealkylation sites (tertiary alicyclic amines) is 1. The lowest BCUT2D eigenvalue weighted by Crippen LogP contribution is -2.50. The van der Waals surface area contributed by atoms with Gasteiger partial charge in [0.15, 0.2) is 0 Å². The molecule has 1 fully saturated rings. The van der Waals surface area contributed by atoms with Gasteiger partial charge in [0.2, 0.25) is 5.91 Å². The second kappa shape index (κ2) is 7.10. The van der Waals surface area contributed by atoms with Gasteiger partial charge in [-0.3, -0.25) is 4.79 Å². The summed E-state index contributed by atoms with van der Waals surface area (Å²) in [6.45, 7) is 7.02. The number of hydrogen-bond donors (Lipinski definition) is 1. The van der Waals surface area contributed by atoms with Gasteiger partial charge >= 0.3 is 0 Å². The minimum atomic E-state index is -0.319. The van der Waals surface area contributed by atoms with Crippen molar-refractivity contribution in [2.24, 2.45) is 17.6 Å². The molecule has 2 atom stereocenters. The maximum Gasteiger partial charge on any atom is 0.239 e. The van der Waals surface area contributed by atoms with Crippen LogP contribution in [0.1, 0.15) is 33.1 Å². The van der Waals surface area contributed by atoms with Crippen molar-refractivity contribution >= 4 is 5.91 Å². The third kappa shape index (κ3) is 4.25. The summed E-state index contributed by atoms with van der Waals surface area (Å²) in [7, 11) is 4.22. The molecule has 1 aliphatic heterocycles. The molecule has 1 saturated heterocycles. The number of nitrogens with two attached hydrogens (primary N) is 1. The van der Waals surface area contributed by atoms with E-state index >= 15 is 0 Å². The lowest BCUT2D eigenvalue weighted by molar-refractivity contribution is -0.135. The number of hydrogen-bond acceptors (Lipinski definition) is 3. The lowest BCUT2D eigenvalue weighted by Gasteiger charge is -2.35. The molecule has 0 saturated carbocycles. The molecule has 2 N–H and O–H groups in total. The molecule has 0 radical (unpaired) electrons. The maximum atomic E-state index is 12.2. The van der Waals surface area contributed by atoms with Crippen molar-refractivity contribution in [1.29, 1.82) is 0 Å². The van der Waals surface area contributed by atoms with Gasteiger partial charge in [-0.15, -0.1) is 0 Å². The van der Waals surface area contributed by atoms with Gasteiger partial charge in [0.25, 0.3) is 0 Å². The normalized spacial score (nSPS) is 21.1. The number of amides is 1. The zero-order chi connectivity index (χ0) is 13.7. The maximum absolute atomic E-state index is 12.2. The third-order valence-corrected chi connectivity index (χ3v) is 4.09. The van der Waals surface area contributed by atoms with Crippen molar-refractivity contribution in [3.8, 4) is 0 Å². The van der Waals surface area contributed by atoms with Gasteiger partial charge in [-0.05, 0) is 38.8 Å². The predicted molar refractivity (Wildman–Crippen MR) is 75.3 cm³/mol. The van der Waals surface area contributed by atoms with Gasteiger partial charge < -0.3 is 15.5 Å². The highest BCUT2D eigenvalue weighted by molar-refractivity contribution is 5.82. The Morgan fingerprint density at radius 3 is 2.39 bits per heavy atom. The van der Waals surface area contributed by atoms with Crippen LogP contribution in [0.25, 0.3) is 0 Å². The molecule has 4 heteroatoms. The first-order valence-electron chi connectivity index (χ1n) is 7.14. The molecule has 2 unspecified atom stereocenters. The van der Waals surface area contributed by atoms with Crippen LogP contribution in [0, 0.1) is 11.8 Å². The number of carbonyl (C=O) groups excluding carboxylic acids is 1. The Balaban J connectivity index is 2.40. The zero-order valence-corrected chi connectivity index (χ0v) is 12.4. The fourth-order valence-corrected chi connectivity index (χ4v) is 2.56. The van der Waals surface area contributed by atoms with Crippen LogP contribution in [-0.2, 0) is 4.79 Å². The van der Waals surface area contributed by atoms with Gasteiger partial charge in [0.05, 0.1) is 6.04 Å². The summed E-state index contributed by atoms with van der Waals surface area (Å²) in [5, 5.41) is 0. The molecule has 18 heavy (non-hydrogen) atoms. The van der Waals surface area contributed by atoms with Crippen molar-refractivity contribution in [1.82, 2.24) is 9.80 Å². The average molecular weight is 255 g/mol. The topological polar surface area (TPSA) is 49.6 Å². The SMILES string of the molecule is CCC(C)C(N)C(=O)N1CCC(CN(C)C)CC1. The van der Waals surface area contributed by atoms with E-state index < -0.39 is 0 Å². The van der Waals surface area contributed by atoms with Crippen molar-refractivity contribution in [3.63, 3.8) is 0 Å². The first kappa shape index (κ1) is 15.4. The lowest BCUT2D eigenvalue weighted by atomic mass is 9.94. The predicted octanol–water partition coefficient (Wildman–Crippen LogP) is 1.16. The highest BCUT2D eigenvalue weighted by Crippen LogP contribution is 2.19.